The lowest BCUT2D eigenvalue weighted by Crippen LogP contribution is -2.01. The second-order valence-corrected chi connectivity index (χ2v) is 5.83. The Labute approximate surface area is 119 Å². The molecule has 0 saturated carbocycles. The van der Waals surface area contributed by atoms with Crippen molar-refractivity contribution in [3.8, 4) is 0 Å². The van der Waals surface area contributed by atoms with Gasteiger partial charge < -0.3 is 0 Å². The summed E-state index contributed by atoms with van der Waals surface area (Å²) in [4.78, 5) is 5.68. The Morgan fingerprint density at radius 1 is 0.857 bits per heavy atom. The molecule has 0 fully saturated rings. The molecule has 0 heterocycles. The molecule has 0 atom stereocenters. The Hall–Kier alpha value is -2.99. The first-order chi connectivity index (χ1) is 10.1. The van der Waals surface area contributed by atoms with Crippen molar-refractivity contribution in [3.05, 3.63) is 59.0 Å². The van der Waals surface area contributed by atoms with Gasteiger partial charge in [0.1, 0.15) is 5.53 Å². The molecule has 2 aromatic rings. The summed E-state index contributed by atoms with van der Waals surface area (Å²) in [6.45, 7) is 0. The van der Waals surface area contributed by atoms with Gasteiger partial charge in [-0.1, -0.05) is 17.2 Å². The number of benzene rings is 2. The van der Waals surface area contributed by atoms with Gasteiger partial charge in [0.25, 0.3) is 0 Å². The van der Waals surface area contributed by atoms with E-state index in [0.717, 1.165) is 0 Å². The van der Waals surface area contributed by atoms with Crippen LogP contribution in [0.2, 0.25) is 0 Å². The van der Waals surface area contributed by atoms with E-state index in [4.69, 9.17) is 11.1 Å². The van der Waals surface area contributed by atoms with E-state index in [1.54, 1.807) is 0 Å². The van der Waals surface area contributed by atoms with Crippen molar-refractivity contribution in [2.45, 2.75) is 9.79 Å². The normalized spacial score (nSPS) is 10.3. The fraction of sp³-hybridized carbons (Fsp3) is 0. The smallest absolute Gasteiger partial charge is 0.219 e. The summed E-state index contributed by atoms with van der Waals surface area (Å²) in [6.07, 6.45) is 0. The summed E-state index contributed by atoms with van der Waals surface area (Å²) < 4.78 is 24.8. The predicted octanol–water partition coefficient (Wildman–Crippen LogP) is 3.64. The van der Waals surface area contributed by atoms with Crippen molar-refractivity contribution < 1.29 is 8.42 Å². The van der Waals surface area contributed by atoms with Crippen molar-refractivity contribution in [2.24, 2.45) is 10.2 Å². The Morgan fingerprint density at radius 3 is 1.67 bits per heavy atom. The van der Waals surface area contributed by atoms with E-state index in [9.17, 15) is 8.42 Å². The van der Waals surface area contributed by atoms with Crippen LogP contribution in [0.15, 0.2) is 68.6 Å². The Balaban J connectivity index is 2.41. The number of hydrogen-bond acceptors (Lipinski definition) is 5. The number of hydrogen-bond donors (Lipinski definition) is 1. The summed E-state index contributed by atoms with van der Waals surface area (Å²) in [5.74, 6) is 0. The third kappa shape index (κ3) is 3.13. The van der Waals surface area contributed by atoms with Crippen LogP contribution < -0.4 is 4.91 Å². The molecule has 104 valence electrons. The van der Waals surface area contributed by atoms with E-state index in [1.165, 1.54) is 48.5 Å². The summed E-state index contributed by atoms with van der Waals surface area (Å²) in [5.41, 5.74) is 15.6. The van der Waals surface area contributed by atoms with Crippen molar-refractivity contribution >= 4 is 21.2 Å². The lowest BCUT2D eigenvalue weighted by Gasteiger charge is -2.04. The van der Waals surface area contributed by atoms with Crippen LogP contribution in [-0.2, 0) is 9.84 Å². The highest BCUT2D eigenvalue weighted by atomic mass is 32.2. The molecule has 0 radical (unpaired) electrons. The molecule has 0 bridgehead atoms. The summed E-state index contributed by atoms with van der Waals surface area (Å²) in [6, 6.07) is 11.3. The zero-order valence-corrected chi connectivity index (χ0v) is 11.4. The number of rotatable bonds is 4. The van der Waals surface area contributed by atoms with Crippen LogP contribution in [0.1, 0.15) is 0 Å². The Morgan fingerprint density at radius 2 is 1.29 bits per heavy atom. The van der Waals surface area contributed by atoms with Crippen molar-refractivity contribution in [1.82, 2.24) is 4.91 Å². The van der Waals surface area contributed by atoms with Gasteiger partial charge in [-0.3, -0.25) is 0 Å². The molecule has 0 aliphatic heterocycles. The van der Waals surface area contributed by atoms with Gasteiger partial charge in [0.05, 0.1) is 9.79 Å². The average molecular weight is 301 g/mol. The quantitative estimate of drug-likeness (QED) is 0.524. The van der Waals surface area contributed by atoms with Gasteiger partial charge in [0.2, 0.25) is 14.7 Å². The van der Waals surface area contributed by atoms with Crippen LogP contribution in [0.5, 0.6) is 0 Å². The minimum atomic E-state index is -3.66. The maximum Gasteiger partial charge on any atom is 0.220 e. The first-order valence-corrected chi connectivity index (χ1v) is 7.14. The van der Waals surface area contributed by atoms with Gasteiger partial charge in [-0.15, -0.1) is 0 Å². The Bertz CT molecular complexity index is 778. The van der Waals surface area contributed by atoms with E-state index in [2.05, 4.69) is 20.1 Å². The van der Waals surface area contributed by atoms with E-state index < -0.39 is 9.84 Å². The minimum absolute atomic E-state index is 0.0919. The first kappa shape index (κ1) is 14.4. The van der Waals surface area contributed by atoms with Gasteiger partial charge in [0, 0.05) is 10.6 Å². The van der Waals surface area contributed by atoms with Crippen LogP contribution >= 0.6 is 0 Å². The molecule has 1 N–H and O–H groups in total. The highest BCUT2D eigenvalue weighted by Gasteiger charge is 2.17. The summed E-state index contributed by atoms with van der Waals surface area (Å²) in [5, 5.41) is 6.86. The molecule has 2 aromatic carbocycles. The van der Waals surface area contributed by atoms with Crippen LogP contribution in [0.4, 0.5) is 11.4 Å². The second kappa shape index (κ2) is 5.98. The minimum Gasteiger partial charge on any atom is -0.219 e. The third-order valence-corrected chi connectivity index (χ3v) is 4.41. The van der Waals surface area contributed by atoms with E-state index in [0.29, 0.717) is 11.4 Å². The Kier molecular flexibility index (Phi) is 4.10. The van der Waals surface area contributed by atoms with E-state index in [1.807, 2.05) is 0 Å². The van der Waals surface area contributed by atoms with Gasteiger partial charge in [-0.25, -0.2) is 8.42 Å². The predicted molar refractivity (Wildman–Crippen MR) is 74.1 cm³/mol. The molecule has 21 heavy (non-hydrogen) atoms. The first-order valence-electron chi connectivity index (χ1n) is 5.66. The molecule has 0 amide bonds. The topological polar surface area (TPSA) is 133 Å². The average Bonchev–Trinajstić information content (AvgIpc) is 2.49. The number of nitrogens with one attached hydrogen (secondary N) is 1. The molecule has 0 spiro atoms. The lowest BCUT2D eigenvalue weighted by atomic mass is 10.3. The monoisotopic (exact) mass is 301 g/mol. The number of azide groups is 1. The molecule has 8 nitrogen and oxygen atoms in total. The zero-order chi connectivity index (χ0) is 15.3. The summed E-state index contributed by atoms with van der Waals surface area (Å²) >= 11 is 0. The maximum absolute atomic E-state index is 12.4. The molecular formula is C12H9N6O2S+. The molecule has 9 heteroatoms. The van der Waals surface area contributed by atoms with Crippen LogP contribution in [0, 0.1) is 5.53 Å². The van der Waals surface area contributed by atoms with Gasteiger partial charge in [-0.05, 0) is 41.9 Å². The molecule has 0 aliphatic rings. The number of nitrogens with zero attached hydrogens (tertiary/aromatic N) is 5. The van der Waals surface area contributed by atoms with Gasteiger partial charge in [-0.2, -0.15) is 0 Å². The standard InChI is InChI=1S/C12H9N6O2S/c13-17-15-9-1-5-11(6-2-9)21(19,20)12-7-3-10(4-8-12)16-18-14/h1-8,13H/q+1. The van der Waals surface area contributed by atoms with Crippen LogP contribution in [0.3, 0.4) is 0 Å². The fourth-order valence-corrected chi connectivity index (χ4v) is 2.89. The van der Waals surface area contributed by atoms with Crippen molar-refractivity contribution in [1.29, 1.82) is 5.53 Å². The largest absolute Gasteiger partial charge is 0.220 e. The van der Waals surface area contributed by atoms with E-state index >= 15 is 0 Å². The third-order valence-electron chi connectivity index (χ3n) is 2.62. The van der Waals surface area contributed by atoms with E-state index in [-0.39, 0.29) is 9.79 Å². The molecule has 0 aliphatic carbocycles. The maximum atomic E-state index is 12.4. The molecule has 2 rings (SSSR count). The van der Waals surface area contributed by atoms with Crippen LogP contribution in [0.25, 0.3) is 10.4 Å². The highest BCUT2D eigenvalue weighted by molar-refractivity contribution is 7.91. The molecule has 0 unspecified atom stereocenters. The highest BCUT2D eigenvalue weighted by Crippen LogP contribution is 2.24. The second-order valence-electron chi connectivity index (χ2n) is 3.88. The van der Waals surface area contributed by atoms with Gasteiger partial charge >= 0.3 is 0 Å². The SMILES string of the molecule is [N-]=[N+]=Nc1ccc(S(=O)(=O)c2ccc(N=[N+]=N)cc2)cc1. The molecular weight excluding hydrogens is 292 g/mol. The van der Waals surface area contributed by atoms with Crippen molar-refractivity contribution in [2.75, 3.05) is 0 Å². The lowest BCUT2D eigenvalue weighted by molar-refractivity contribution is 0.596. The fourth-order valence-electron chi connectivity index (χ4n) is 1.63. The van der Waals surface area contributed by atoms with Gasteiger partial charge in [0.15, 0.2) is 10.8 Å². The number of sulfone groups is 1. The zero-order valence-electron chi connectivity index (χ0n) is 10.6. The van der Waals surface area contributed by atoms with Crippen molar-refractivity contribution in [3.63, 3.8) is 0 Å². The molecule has 0 aromatic heterocycles. The molecule has 0 saturated heterocycles. The summed E-state index contributed by atoms with van der Waals surface area (Å²) in [7, 11) is -3.66. The van der Waals surface area contributed by atoms with Crippen LogP contribution in [-0.4, -0.2) is 8.42 Å².